The van der Waals surface area contributed by atoms with Gasteiger partial charge in [0.25, 0.3) is 0 Å². The van der Waals surface area contributed by atoms with E-state index < -0.39 is 6.09 Å². The molecule has 0 aromatic heterocycles. The predicted molar refractivity (Wildman–Crippen MR) is 62.3 cm³/mol. The van der Waals surface area contributed by atoms with Crippen LogP contribution in [0.1, 0.15) is 18.4 Å². The quantitative estimate of drug-likeness (QED) is 0.769. The Morgan fingerprint density at radius 2 is 2.11 bits per heavy atom. The van der Waals surface area contributed by atoms with Crippen molar-refractivity contribution in [3.05, 3.63) is 29.6 Å². The van der Waals surface area contributed by atoms with Gasteiger partial charge in [0.2, 0.25) is 0 Å². The third kappa shape index (κ3) is 1.79. The molecular formula is C13H14FNO3. The lowest BCUT2D eigenvalue weighted by Gasteiger charge is -2.37. The number of carboxylic acid groups (broad SMARTS) is 1. The van der Waals surface area contributed by atoms with E-state index in [9.17, 15) is 9.18 Å². The number of nitrogens with zero attached hydrogens (tertiary/aromatic N) is 1. The summed E-state index contributed by atoms with van der Waals surface area (Å²) in [5, 5.41) is 8.91. The molecule has 1 spiro atoms. The molecule has 1 fully saturated rings. The molecule has 0 unspecified atom stereocenters. The second kappa shape index (κ2) is 3.86. The molecule has 1 saturated heterocycles. The molecule has 96 valence electrons. The Kier molecular flexibility index (Phi) is 2.43. The third-order valence-electron chi connectivity index (χ3n) is 3.81. The molecule has 0 radical (unpaired) electrons. The van der Waals surface area contributed by atoms with Crippen molar-refractivity contribution in [2.45, 2.75) is 24.9 Å². The number of fused-ring (bicyclic) bond motifs is 1. The van der Waals surface area contributed by atoms with Gasteiger partial charge in [-0.3, -0.25) is 0 Å². The van der Waals surface area contributed by atoms with E-state index in [-0.39, 0.29) is 11.4 Å². The zero-order chi connectivity index (χ0) is 12.8. The third-order valence-corrected chi connectivity index (χ3v) is 3.81. The minimum absolute atomic E-state index is 0.297. The Morgan fingerprint density at radius 1 is 1.39 bits per heavy atom. The number of rotatable bonds is 0. The van der Waals surface area contributed by atoms with E-state index in [1.54, 1.807) is 6.07 Å². The van der Waals surface area contributed by atoms with Gasteiger partial charge in [0.1, 0.15) is 17.2 Å². The van der Waals surface area contributed by atoms with E-state index >= 15 is 0 Å². The van der Waals surface area contributed by atoms with Gasteiger partial charge >= 0.3 is 6.09 Å². The Bertz CT molecular complexity index is 495. The van der Waals surface area contributed by atoms with Crippen LogP contribution in [-0.4, -0.2) is 34.8 Å². The number of hydrogen-bond acceptors (Lipinski definition) is 2. The zero-order valence-corrected chi connectivity index (χ0v) is 9.86. The summed E-state index contributed by atoms with van der Waals surface area (Å²) in [7, 11) is 0. The van der Waals surface area contributed by atoms with Crippen molar-refractivity contribution < 1.29 is 19.0 Å². The van der Waals surface area contributed by atoms with Crippen molar-refractivity contribution in [2.24, 2.45) is 0 Å². The van der Waals surface area contributed by atoms with E-state index in [0.717, 1.165) is 12.0 Å². The lowest BCUT2D eigenvalue weighted by molar-refractivity contribution is 0.0223. The first-order chi connectivity index (χ1) is 8.58. The van der Waals surface area contributed by atoms with Crippen LogP contribution in [0.15, 0.2) is 18.2 Å². The van der Waals surface area contributed by atoms with E-state index in [4.69, 9.17) is 9.84 Å². The number of likely N-dealkylation sites (tertiary alicyclic amines) is 1. The van der Waals surface area contributed by atoms with Gasteiger partial charge in [0.05, 0.1) is 0 Å². The number of ether oxygens (including phenoxy) is 1. The molecule has 5 heteroatoms. The summed E-state index contributed by atoms with van der Waals surface area (Å²) in [6, 6.07) is 4.60. The highest BCUT2D eigenvalue weighted by Gasteiger charge is 2.42. The molecule has 4 nitrogen and oxygen atoms in total. The summed E-state index contributed by atoms with van der Waals surface area (Å²) in [6.45, 7) is 0.956. The summed E-state index contributed by atoms with van der Waals surface area (Å²) in [5.41, 5.74) is 0.683. The van der Waals surface area contributed by atoms with Crippen molar-refractivity contribution >= 4 is 6.09 Å². The molecule has 1 N–H and O–H groups in total. The van der Waals surface area contributed by atoms with Crippen LogP contribution >= 0.6 is 0 Å². The highest BCUT2D eigenvalue weighted by molar-refractivity contribution is 5.65. The maximum Gasteiger partial charge on any atom is 0.407 e. The van der Waals surface area contributed by atoms with Gasteiger partial charge in [-0.1, -0.05) is 6.07 Å². The zero-order valence-electron chi connectivity index (χ0n) is 9.86. The molecule has 0 bridgehead atoms. The second-order valence-electron chi connectivity index (χ2n) is 4.98. The minimum Gasteiger partial charge on any atom is -0.486 e. The SMILES string of the molecule is O=C(O)N1CCC2(CC1)Cc1ccc(F)cc1O2. The van der Waals surface area contributed by atoms with Gasteiger partial charge in [0, 0.05) is 38.4 Å². The number of halogens is 1. The van der Waals surface area contributed by atoms with Gasteiger partial charge in [-0.25, -0.2) is 9.18 Å². The molecule has 1 amide bonds. The van der Waals surface area contributed by atoms with Crippen LogP contribution in [0.4, 0.5) is 9.18 Å². The molecule has 2 aliphatic rings. The molecule has 1 aromatic rings. The van der Waals surface area contributed by atoms with E-state index in [1.807, 2.05) is 0 Å². The minimum atomic E-state index is -0.883. The average molecular weight is 251 g/mol. The topological polar surface area (TPSA) is 49.8 Å². The maximum absolute atomic E-state index is 13.1. The summed E-state index contributed by atoms with van der Waals surface area (Å²) >= 11 is 0. The molecule has 0 saturated carbocycles. The van der Waals surface area contributed by atoms with Crippen molar-refractivity contribution in [1.29, 1.82) is 0 Å². The van der Waals surface area contributed by atoms with Crippen molar-refractivity contribution in [1.82, 2.24) is 4.90 Å². The number of piperidine rings is 1. The normalized spacial score (nSPS) is 20.6. The van der Waals surface area contributed by atoms with Crippen LogP contribution in [-0.2, 0) is 6.42 Å². The molecule has 2 aliphatic heterocycles. The number of amides is 1. The van der Waals surface area contributed by atoms with E-state index in [1.165, 1.54) is 17.0 Å². The van der Waals surface area contributed by atoms with Gasteiger partial charge < -0.3 is 14.7 Å². The molecule has 0 aliphatic carbocycles. The Hall–Kier alpha value is -1.78. The molecular weight excluding hydrogens is 237 g/mol. The fourth-order valence-electron chi connectivity index (χ4n) is 2.77. The largest absolute Gasteiger partial charge is 0.486 e. The first kappa shape index (κ1) is 11.3. The first-order valence-corrected chi connectivity index (χ1v) is 6.03. The highest BCUT2D eigenvalue weighted by atomic mass is 19.1. The molecule has 18 heavy (non-hydrogen) atoms. The van der Waals surface area contributed by atoms with Crippen LogP contribution in [0.25, 0.3) is 0 Å². The van der Waals surface area contributed by atoms with Gasteiger partial charge in [-0.05, 0) is 11.6 Å². The fourth-order valence-corrected chi connectivity index (χ4v) is 2.77. The number of carbonyl (C=O) groups is 1. The smallest absolute Gasteiger partial charge is 0.407 e. The monoisotopic (exact) mass is 251 g/mol. The van der Waals surface area contributed by atoms with Gasteiger partial charge in [0.15, 0.2) is 0 Å². The highest BCUT2D eigenvalue weighted by Crippen LogP contribution is 2.41. The lowest BCUT2D eigenvalue weighted by Crippen LogP contribution is -2.48. The Balaban J connectivity index is 1.76. The summed E-state index contributed by atoms with van der Waals surface area (Å²) in [4.78, 5) is 12.3. The Labute approximate surface area is 104 Å². The van der Waals surface area contributed by atoms with E-state index in [2.05, 4.69) is 0 Å². The van der Waals surface area contributed by atoms with Crippen molar-refractivity contribution in [3.8, 4) is 5.75 Å². The van der Waals surface area contributed by atoms with Crippen molar-refractivity contribution in [2.75, 3.05) is 13.1 Å². The number of hydrogen-bond donors (Lipinski definition) is 1. The second-order valence-corrected chi connectivity index (χ2v) is 4.98. The van der Waals surface area contributed by atoms with Crippen LogP contribution in [0, 0.1) is 5.82 Å². The Morgan fingerprint density at radius 3 is 2.78 bits per heavy atom. The fraction of sp³-hybridized carbons (Fsp3) is 0.462. The molecule has 1 aromatic carbocycles. The predicted octanol–water partition coefficient (Wildman–Crippen LogP) is 2.27. The average Bonchev–Trinajstić information content (AvgIpc) is 2.66. The van der Waals surface area contributed by atoms with E-state index in [0.29, 0.717) is 31.7 Å². The van der Waals surface area contributed by atoms with Crippen LogP contribution in [0.3, 0.4) is 0 Å². The molecule has 3 rings (SSSR count). The summed E-state index contributed by atoms with van der Waals surface area (Å²) < 4.78 is 19.0. The summed E-state index contributed by atoms with van der Waals surface area (Å²) in [5.74, 6) is 0.313. The lowest BCUT2D eigenvalue weighted by atomic mass is 9.87. The summed E-state index contributed by atoms with van der Waals surface area (Å²) in [6.07, 6.45) is 1.19. The van der Waals surface area contributed by atoms with Gasteiger partial charge in [-0.15, -0.1) is 0 Å². The van der Waals surface area contributed by atoms with Crippen LogP contribution in [0.5, 0.6) is 5.75 Å². The molecule has 2 heterocycles. The van der Waals surface area contributed by atoms with Crippen molar-refractivity contribution in [3.63, 3.8) is 0 Å². The standard InChI is InChI=1S/C13H14FNO3/c14-10-2-1-9-8-13(18-11(9)7-10)3-5-15(6-4-13)12(16)17/h1-2,7H,3-6,8H2,(H,16,17). The van der Waals surface area contributed by atoms with Crippen LogP contribution < -0.4 is 4.74 Å². The number of benzene rings is 1. The van der Waals surface area contributed by atoms with Crippen LogP contribution in [0.2, 0.25) is 0 Å². The maximum atomic E-state index is 13.1. The van der Waals surface area contributed by atoms with Gasteiger partial charge in [-0.2, -0.15) is 0 Å². The molecule has 0 atom stereocenters. The first-order valence-electron chi connectivity index (χ1n) is 6.03.